The van der Waals surface area contributed by atoms with E-state index in [2.05, 4.69) is 4.72 Å². The number of rotatable bonds is 8. The van der Waals surface area contributed by atoms with Gasteiger partial charge in [0.1, 0.15) is 0 Å². The van der Waals surface area contributed by atoms with Gasteiger partial charge in [0.25, 0.3) is 0 Å². The second-order valence-corrected chi connectivity index (χ2v) is 8.56. The van der Waals surface area contributed by atoms with Gasteiger partial charge in [-0.1, -0.05) is 42.5 Å². The molecule has 2 aromatic carbocycles. The van der Waals surface area contributed by atoms with Crippen LogP contribution in [0.25, 0.3) is 0 Å². The Bertz CT molecular complexity index is 833. The van der Waals surface area contributed by atoms with Crippen LogP contribution in [0.1, 0.15) is 30.0 Å². The zero-order valence-electron chi connectivity index (χ0n) is 14.8. The van der Waals surface area contributed by atoms with Crippen molar-refractivity contribution >= 4 is 10.0 Å². The number of aliphatic hydroxyl groups is 1. The molecule has 0 fully saturated rings. The Morgan fingerprint density at radius 3 is 2.11 bits per heavy atom. The third-order valence-corrected chi connectivity index (χ3v) is 5.40. The molecule has 0 saturated carbocycles. The van der Waals surface area contributed by atoms with Gasteiger partial charge >= 0.3 is 6.18 Å². The summed E-state index contributed by atoms with van der Waals surface area (Å²) < 4.78 is 64.3. The van der Waals surface area contributed by atoms with E-state index in [9.17, 15) is 26.7 Å². The Hall–Kier alpha value is -1.90. The lowest BCUT2D eigenvalue weighted by atomic mass is 9.97. The highest BCUT2D eigenvalue weighted by Crippen LogP contribution is 2.29. The van der Waals surface area contributed by atoms with Crippen LogP contribution in [-0.2, 0) is 28.4 Å². The number of alkyl halides is 3. The van der Waals surface area contributed by atoms with Crippen LogP contribution < -0.4 is 4.72 Å². The maximum absolute atomic E-state index is 12.5. The zero-order chi connectivity index (χ0) is 20.1. The van der Waals surface area contributed by atoms with Crippen molar-refractivity contribution in [2.24, 2.45) is 0 Å². The summed E-state index contributed by atoms with van der Waals surface area (Å²) >= 11 is 0. The van der Waals surface area contributed by atoms with Crippen LogP contribution in [0.4, 0.5) is 13.2 Å². The number of benzene rings is 2. The molecule has 2 N–H and O–H groups in total. The molecule has 8 heteroatoms. The molecule has 2 rings (SSSR count). The van der Waals surface area contributed by atoms with E-state index in [1.54, 1.807) is 0 Å². The van der Waals surface area contributed by atoms with Crippen LogP contribution >= 0.6 is 0 Å². The summed E-state index contributed by atoms with van der Waals surface area (Å²) in [7, 11) is -3.79. The summed E-state index contributed by atoms with van der Waals surface area (Å²) in [6.45, 7) is 1.36. The van der Waals surface area contributed by atoms with Crippen LogP contribution in [0.5, 0.6) is 0 Å². The number of aryl methyl sites for hydroxylation is 1. The highest BCUT2D eigenvalue weighted by molar-refractivity contribution is 7.88. The smallest absolute Gasteiger partial charge is 0.389 e. The zero-order valence-corrected chi connectivity index (χ0v) is 15.6. The first kappa shape index (κ1) is 21.4. The number of hydrogen-bond donors (Lipinski definition) is 2. The van der Waals surface area contributed by atoms with Crippen molar-refractivity contribution in [1.29, 1.82) is 0 Å². The Balaban J connectivity index is 1.89. The highest BCUT2D eigenvalue weighted by atomic mass is 32.2. The molecule has 4 nitrogen and oxygen atoms in total. The predicted octanol–water partition coefficient (Wildman–Crippen LogP) is 3.51. The van der Waals surface area contributed by atoms with Crippen molar-refractivity contribution in [3.8, 4) is 0 Å². The maximum atomic E-state index is 12.5. The van der Waals surface area contributed by atoms with Gasteiger partial charge in [0.05, 0.1) is 16.9 Å². The molecule has 0 amide bonds. The van der Waals surface area contributed by atoms with Crippen LogP contribution in [0.15, 0.2) is 54.6 Å². The van der Waals surface area contributed by atoms with E-state index in [4.69, 9.17) is 0 Å². The quantitative estimate of drug-likeness (QED) is 0.711. The summed E-state index contributed by atoms with van der Waals surface area (Å²) in [4.78, 5) is 0. The van der Waals surface area contributed by atoms with Gasteiger partial charge in [-0.3, -0.25) is 0 Å². The van der Waals surface area contributed by atoms with Crippen molar-refractivity contribution in [3.63, 3.8) is 0 Å². The van der Waals surface area contributed by atoms with E-state index in [1.165, 1.54) is 6.92 Å². The molecule has 0 aliphatic rings. The van der Waals surface area contributed by atoms with E-state index < -0.39 is 33.1 Å². The van der Waals surface area contributed by atoms with Crippen LogP contribution in [-0.4, -0.2) is 25.7 Å². The van der Waals surface area contributed by atoms with Crippen LogP contribution in [0, 0.1) is 0 Å². The summed E-state index contributed by atoms with van der Waals surface area (Å²) in [5.74, 6) is -0.458. The summed E-state index contributed by atoms with van der Waals surface area (Å²) in [5.41, 5.74) is -0.812. The average Bonchev–Trinajstić information content (AvgIpc) is 2.59. The number of sulfonamides is 1. The topological polar surface area (TPSA) is 66.4 Å². The monoisotopic (exact) mass is 401 g/mol. The average molecular weight is 401 g/mol. The Morgan fingerprint density at radius 2 is 1.56 bits per heavy atom. The fraction of sp³-hybridized carbons (Fsp3) is 0.368. The van der Waals surface area contributed by atoms with Gasteiger partial charge in [0.15, 0.2) is 0 Å². The molecule has 0 aliphatic heterocycles. The third kappa shape index (κ3) is 7.32. The molecule has 148 valence electrons. The van der Waals surface area contributed by atoms with Crippen molar-refractivity contribution < 1.29 is 26.7 Å². The molecule has 0 bridgehead atoms. The Kier molecular flexibility index (Phi) is 6.67. The SMILES string of the molecule is CC(O)(CCc1ccccc1)CNS(=O)(=O)Cc1ccc(C(F)(F)F)cc1. The number of halogens is 3. The fourth-order valence-corrected chi connectivity index (χ4v) is 3.74. The van der Waals surface area contributed by atoms with E-state index in [0.717, 1.165) is 29.8 Å². The van der Waals surface area contributed by atoms with Crippen molar-refractivity contribution in [2.45, 2.75) is 37.3 Å². The lowest BCUT2D eigenvalue weighted by Gasteiger charge is -2.23. The summed E-state index contributed by atoms with van der Waals surface area (Å²) in [6.07, 6.45) is -3.51. The summed E-state index contributed by atoms with van der Waals surface area (Å²) in [6, 6.07) is 13.5. The van der Waals surface area contributed by atoms with Gasteiger partial charge in [-0.05, 0) is 43.0 Å². The van der Waals surface area contributed by atoms with Gasteiger partial charge in [-0.2, -0.15) is 13.2 Å². The first-order valence-electron chi connectivity index (χ1n) is 8.37. The molecule has 2 aromatic rings. The van der Waals surface area contributed by atoms with Gasteiger partial charge in [0.2, 0.25) is 10.0 Å². The Labute approximate surface area is 157 Å². The Morgan fingerprint density at radius 1 is 0.963 bits per heavy atom. The van der Waals surface area contributed by atoms with Crippen molar-refractivity contribution in [1.82, 2.24) is 4.72 Å². The minimum Gasteiger partial charge on any atom is -0.389 e. The second kappa shape index (κ2) is 8.41. The van der Waals surface area contributed by atoms with Gasteiger partial charge in [-0.25, -0.2) is 13.1 Å². The first-order valence-corrected chi connectivity index (χ1v) is 10.0. The molecule has 0 saturated heterocycles. The van der Waals surface area contributed by atoms with E-state index >= 15 is 0 Å². The molecule has 0 heterocycles. The molecule has 0 spiro atoms. The highest BCUT2D eigenvalue weighted by Gasteiger charge is 2.30. The van der Waals surface area contributed by atoms with Gasteiger partial charge in [-0.15, -0.1) is 0 Å². The molecule has 0 aliphatic carbocycles. The van der Waals surface area contributed by atoms with E-state index in [0.29, 0.717) is 12.8 Å². The second-order valence-electron chi connectivity index (χ2n) is 6.76. The molecule has 1 unspecified atom stereocenters. The minimum atomic E-state index is -4.47. The lowest BCUT2D eigenvalue weighted by Crippen LogP contribution is -2.41. The predicted molar refractivity (Wildman–Crippen MR) is 97.5 cm³/mol. The standard InChI is InChI=1S/C19H22F3NO3S/c1-18(24,12-11-15-5-3-2-4-6-15)14-23-27(25,26)13-16-7-9-17(10-8-16)19(20,21)22/h2-10,23-24H,11-14H2,1H3. The molecular weight excluding hydrogens is 379 g/mol. The largest absolute Gasteiger partial charge is 0.416 e. The van der Waals surface area contributed by atoms with Gasteiger partial charge in [0, 0.05) is 6.54 Å². The van der Waals surface area contributed by atoms with E-state index in [-0.39, 0.29) is 12.1 Å². The molecule has 0 radical (unpaired) electrons. The van der Waals surface area contributed by atoms with Crippen LogP contribution in [0.2, 0.25) is 0 Å². The number of hydrogen-bond acceptors (Lipinski definition) is 3. The number of nitrogens with one attached hydrogen (secondary N) is 1. The fourth-order valence-electron chi connectivity index (χ4n) is 2.47. The lowest BCUT2D eigenvalue weighted by molar-refractivity contribution is -0.137. The summed E-state index contributed by atoms with van der Waals surface area (Å²) in [5, 5.41) is 10.4. The molecule has 27 heavy (non-hydrogen) atoms. The molecular formula is C19H22F3NO3S. The van der Waals surface area contributed by atoms with E-state index in [1.807, 2.05) is 30.3 Å². The molecule has 1 atom stereocenters. The van der Waals surface area contributed by atoms with Crippen LogP contribution in [0.3, 0.4) is 0 Å². The molecule has 0 aromatic heterocycles. The van der Waals surface area contributed by atoms with Crippen molar-refractivity contribution in [2.75, 3.05) is 6.54 Å². The normalized spacial score (nSPS) is 14.7. The first-order chi connectivity index (χ1) is 12.5. The van der Waals surface area contributed by atoms with Gasteiger partial charge < -0.3 is 5.11 Å². The van der Waals surface area contributed by atoms with Crippen molar-refractivity contribution in [3.05, 3.63) is 71.3 Å². The maximum Gasteiger partial charge on any atom is 0.416 e. The third-order valence-electron chi connectivity index (χ3n) is 4.11. The minimum absolute atomic E-state index is 0.178.